The molecule has 4 aromatic rings. The highest BCUT2D eigenvalue weighted by Crippen LogP contribution is 2.27. The molecular formula is C28H30N4O3. The van der Waals surface area contributed by atoms with E-state index in [2.05, 4.69) is 33.8 Å². The third-order valence-electron chi connectivity index (χ3n) is 5.84. The van der Waals surface area contributed by atoms with Crippen molar-refractivity contribution in [2.75, 3.05) is 26.1 Å². The molecule has 0 aliphatic carbocycles. The number of rotatable bonds is 7. The second kappa shape index (κ2) is 10.8. The lowest BCUT2D eigenvalue weighted by Gasteiger charge is -2.15. The van der Waals surface area contributed by atoms with Gasteiger partial charge in [-0.3, -0.25) is 15.1 Å². The third kappa shape index (κ3) is 5.63. The van der Waals surface area contributed by atoms with Crippen molar-refractivity contribution < 1.29 is 14.3 Å². The fraction of sp³-hybridized carbons (Fsp3) is 0.214. The molecule has 7 nitrogen and oxygen atoms in total. The van der Waals surface area contributed by atoms with Gasteiger partial charge in [-0.05, 0) is 61.7 Å². The molecule has 0 spiro atoms. The minimum atomic E-state index is -0.297. The van der Waals surface area contributed by atoms with E-state index in [4.69, 9.17) is 14.5 Å². The maximum absolute atomic E-state index is 13.1. The highest BCUT2D eigenvalue weighted by Gasteiger charge is 2.14. The van der Waals surface area contributed by atoms with Crippen LogP contribution in [0.15, 0.2) is 71.9 Å². The standard InChI is InChI=1S/C28H30N4O3/c1-18-9-11-23(19(2)15-18)31-28(29-14-13-21-17-30-24-8-6-5-7-22(21)24)32-27(33)20-10-12-25(34-3)26(16-20)35-4/h5-12,15-17,30H,13-14H2,1-4H3,(H2,29,31,32,33). The van der Waals surface area contributed by atoms with Crippen LogP contribution in [0.25, 0.3) is 10.9 Å². The zero-order valence-electron chi connectivity index (χ0n) is 20.4. The van der Waals surface area contributed by atoms with Crippen molar-refractivity contribution in [2.24, 2.45) is 4.99 Å². The molecule has 0 bridgehead atoms. The molecule has 1 amide bonds. The summed E-state index contributed by atoms with van der Waals surface area (Å²) in [5.41, 5.74) is 5.83. The smallest absolute Gasteiger partial charge is 0.258 e. The fourth-order valence-electron chi connectivity index (χ4n) is 3.98. The van der Waals surface area contributed by atoms with Crippen LogP contribution in [-0.2, 0) is 6.42 Å². The number of guanidine groups is 1. The molecule has 0 fully saturated rings. The van der Waals surface area contributed by atoms with Gasteiger partial charge in [0.15, 0.2) is 11.5 Å². The number of fused-ring (bicyclic) bond motifs is 1. The summed E-state index contributed by atoms with van der Waals surface area (Å²) in [7, 11) is 3.10. The molecule has 1 heterocycles. The summed E-state index contributed by atoms with van der Waals surface area (Å²) in [6.07, 6.45) is 2.74. The molecule has 0 saturated carbocycles. The maximum atomic E-state index is 13.1. The number of para-hydroxylation sites is 1. The van der Waals surface area contributed by atoms with E-state index in [1.807, 2.05) is 44.3 Å². The second-order valence-corrected chi connectivity index (χ2v) is 8.31. The first-order valence-corrected chi connectivity index (χ1v) is 11.5. The molecule has 0 atom stereocenters. The lowest BCUT2D eigenvalue weighted by molar-refractivity contribution is 0.0976. The molecule has 7 heteroatoms. The minimum absolute atomic E-state index is 0.297. The molecule has 3 N–H and O–H groups in total. The Hall–Kier alpha value is -4.26. The molecule has 1 aromatic heterocycles. The Balaban J connectivity index is 1.56. The first-order valence-electron chi connectivity index (χ1n) is 11.5. The van der Waals surface area contributed by atoms with Gasteiger partial charge in [0.25, 0.3) is 5.91 Å². The third-order valence-corrected chi connectivity index (χ3v) is 5.84. The monoisotopic (exact) mass is 470 g/mol. The van der Waals surface area contributed by atoms with Gasteiger partial charge < -0.3 is 19.8 Å². The Morgan fingerprint density at radius 1 is 0.971 bits per heavy atom. The Labute approximate surface area is 205 Å². The zero-order valence-corrected chi connectivity index (χ0v) is 20.4. The van der Waals surface area contributed by atoms with Gasteiger partial charge in [-0.25, -0.2) is 0 Å². The number of aromatic nitrogens is 1. The largest absolute Gasteiger partial charge is 0.493 e. The fourth-order valence-corrected chi connectivity index (χ4v) is 3.98. The van der Waals surface area contributed by atoms with Gasteiger partial charge in [-0.1, -0.05) is 35.9 Å². The van der Waals surface area contributed by atoms with Crippen LogP contribution >= 0.6 is 0 Å². The van der Waals surface area contributed by atoms with Gasteiger partial charge in [0, 0.05) is 34.9 Å². The van der Waals surface area contributed by atoms with E-state index in [0.29, 0.717) is 29.6 Å². The van der Waals surface area contributed by atoms with Gasteiger partial charge in [-0.15, -0.1) is 0 Å². The predicted molar refractivity (Wildman–Crippen MR) is 141 cm³/mol. The van der Waals surface area contributed by atoms with Crippen LogP contribution in [0.2, 0.25) is 0 Å². The topological polar surface area (TPSA) is 87.7 Å². The summed E-state index contributed by atoms with van der Waals surface area (Å²) in [6.45, 7) is 4.57. The number of ether oxygens (including phenoxy) is 2. The number of nitrogens with zero attached hydrogens (tertiary/aromatic N) is 1. The first kappa shape index (κ1) is 23.9. The Kier molecular flexibility index (Phi) is 7.35. The van der Waals surface area contributed by atoms with E-state index in [-0.39, 0.29) is 5.91 Å². The van der Waals surface area contributed by atoms with Crippen LogP contribution in [0.1, 0.15) is 27.0 Å². The highest BCUT2D eigenvalue weighted by molar-refractivity contribution is 6.10. The van der Waals surface area contributed by atoms with Crippen molar-refractivity contribution in [3.05, 3.63) is 89.1 Å². The van der Waals surface area contributed by atoms with Crippen LogP contribution in [0.3, 0.4) is 0 Å². The van der Waals surface area contributed by atoms with Crippen molar-refractivity contribution in [1.29, 1.82) is 0 Å². The first-order chi connectivity index (χ1) is 17.0. The molecule has 180 valence electrons. The molecule has 35 heavy (non-hydrogen) atoms. The molecule has 0 radical (unpaired) electrons. The van der Waals surface area contributed by atoms with E-state index >= 15 is 0 Å². The summed E-state index contributed by atoms with van der Waals surface area (Å²) in [5.74, 6) is 1.14. The number of aromatic amines is 1. The zero-order chi connectivity index (χ0) is 24.8. The SMILES string of the molecule is COc1ccc(C(=O)NC(=NCCc2c[nH]c3ccccc23)Nc2ccc(C)cc2C)cc1OC. The predicted octanol–water partition coefficient (Wildman–Crippen LogP) is 5.24. The minimum Gasteiger partial charge on any atom is -0.493 e. The maximum Gasteiger partial charge on any atom is 0.258 e. The van der Waals surface area contributed by atoms with Gasteiger partial charge in [0.1, 0.15) is 0 Å². The number of benzene rings is 3. The van der Waals surface area contributed by atoms with Crippen molar-refractivity contribution in [3.8, 4) is 11.5 Å². The van der Waals surface area contributed by atoms with E-state index in [1.165, 1.54) is 16.5 Å². The van der Waals surface area contributed by atoms with E-state index in [9.17, 15) is 4.79 Å². The second-order valence-electron chi connectivity index (χ2n) is 8.31. The number of amides is 1. The summed E-state index contributed by atoms with van der Waals surface area (Å²) in [6, 6.07) is 19.3. The number of hydrogen-bond donors (Lipinski definition) is 3. The van der Waals surface area contributed by atoms with Crippen LogP contribution in [0, 0.1) is 13.8 Å². The van der Waals surface area contributed by atoms with Crippen molar-refractivity contribution in [1.82, 2.24) is 10.3 Å². The Morgan fingerprint density at radius 3 is 2.54 bits per heavy atom. The molecular weight excluding hydrogens is 440 g/mol. The van der Waals surface area contributed by atoms with Crippen LogP contribution < -0.4 is 20.1 Å². The Morgan fingerprint density at radius 2 is 1.77 bits per heavy atom. The number of aliphatic imine (C=N–C) groups is 1. The molecule has 0 saturated heterocycles. The number of hydrogen-bond acceptors (Lipinski definition) is 4. The lowest BCUT2D eigenvalue weighted by Crippen LogP contribution is -2.36. The quantitative estimate of drug-likeness (QED) is 0.255. The van der Waals surface area contributed by atoms with Crippen LogP contribution in [0.5, 0.6) is 11.5 Å². The normalized spacial score (nSPS) is 11.4. The lowest BCUT2D eigenvalue weighted by atomic mass is 10.1. The number of nitrogens with one attached hydrogen (secondary N) is 3. The van der Waals surface area contributed by atoms with E-state index in [1.54, 1.807) is 32.4 Å². The molecule has 4 rings (SSSR count). The summed E-state index contributed by atoms with van der Waals surface area (Å²) in [5, 5.41) is 7.40. The van der Waals surface area contributed by atoms with Gasteiger partial charge in [-0.2, -0.15) is 0 Å². The number of carbonyl (C=O) groups is 1. The van der Waals surface area contributed by atoms with Crippen molar-refractivity contribution in [2.45, 2.75) is 20.3 Å². The number of H-pyrrole nitrogens is 1. The van der Waals surface area contributed by atoms with E-state index < -0.39 is 0 Å². The Bertz CT molecular complexity index is 1370. The summed E-state index contributed by atoms with van der Waals surface area (Å²) >= 11 is 0. The average Bonchev–Trinajstić information content (AvgIpc) is 3.28. The van der Waals surface area contributed by atoms with Gasteiger partial charge >= 0.3 is 0 Å². The van der Waals surface area contributed by atoms with Gasteiger partial charge in [0.2, 0.25) is 5.96 Å². The van der Waals surface area contributed by atoms with Crippen molar-refractivity contribution >= 4 is 28.5 Å². The summed E-state index contributed by atoms with van der Waals surface area (Å²) in [4.78, 5) is 21.1. The number of aryl methyl sites for hydroxylation is 2. The number of methoxy groups -OCH3 is 2. The molecule has 0 aliphatic rings. The van der Waals surface area contributed by atoms with Crippen LogP contribution in [0.4, 0.5) is 5.69 Å². The van der Waals surface area contributed by atoms with Gasteiger partial charge in [0.05, 0.1) is 14.2 Å². The molecule has 0 unspecified atom stereocenters. The molecule has 0 aliphatic heterocycles. The van der Waals surface area contributed by atoms with Crippen LogP contribution in [-0.4, -0.2) is 37.6 Å². The van der Waals surface area contributed by atoms with Crippen molar-refractivity contribution in [3.63, 3.8) is 0 Å². The number of anilines is 1. The average molecular weight is 471 g/mol. The van der Waals surface area contributed by atoms with E-state index in [0.717, 1.165) is 23.2 Å². The summed E-state index contributed by atoms with van der Waals surface area (Å²) < 4.78 is 10.6. The number of carbonyl (C=O) groups excluding carboxylic acids is 1. The molecule has 3 aromatic carbocycles. The highest BCUT2D eigenvalue weighted by atomic mass is 16.5.